The Balaban J connectivity index is 1.49. The van der Waals surface area contributed by atoms with Gasteiger partial charge in [-0.25, -0.2) is 4.98 Å². The number of likely N-dealkylation sites (tertiary alicyclic amines) is 1. The molecule has 1 amide bonds. The summed E-state index contributed by atoms with van der Waals surface area (Å²) in [4.78, 5) is 24.2. The first-order valence-electron chi connectivity index (χ1n) is 9.07. The first-order valence-corrected chi connectivity index (χ1v) is 9.89. The zero-order valence-electron chi connectivity index (χ0n) is 15.8. The van der Waals surface area contributed by atoms with Crippen LogP contribution in [0.5, 0.6) is 11.5 Å². The minimum absolute atomic E-state index is 0.0250. The topological polar surface area (TPSA) is 64.6 Å². The van der Waals surface area contributed by atoms with E-state index in [1.807, 2.05) is 41.3 Å². The normalized spacial score (nSPS) is 16.2. The number of carbonyl (C=O) groups is 1. The van der Waals surface area contributed by atoms with E-state index < -0.39 is 0 Å². The molecule has 3 aromatic rings. The molecule has 28 heavy (non-hydrogen) atoms. The molecule has 1 atom stereocenters. The van der Waals surface area contributed by atoms with E-state index in [0.29, 0.717) is 11.4 Å². The van der Waals surface area contributed by atoms with Crippen molar-refractivity contribution in [3.8, 4) is 22.2 Å². The van der Waals surface area contributed by atoms with Gasteiger partial charge in [-0.05, 0) is 36.2 Å². The lowest BCUT2D eigenvalue weighted by Crippen LogP contribution is -2.27. The highest BCUT2D eigenvalue weighted by Gasteiger charge is 2.29. The minimum Gasteiger partial charge on any atom is -0.497 e. The molecule has 4 rings (SSSR count). The monoisotopic (exact) mass is 395 g/mol. The van der Waals surface area contributed by atoms with E-state index in [-0.39, 0.29) is 11.8 Å². The quantitative estimate of drug-likeness (QED) is 0.657. The molecule has 144 valence electrons. The molecule has 1 aliphatic heterocycles. The van der Waals surface area contributed by atoms with Crippen molar-refractivity contribution in [3.63, 3.8) is 0 Å². The fraction of sp³-hybridized carbons (Fsp3) is 0.286. The molecule has 1 fully saturated rings. The van der Waals surface area contributed by atoms with Crippen molar-refractivity contribution in [2.24, 2.45) is 0 Å². The number of thiazole rings is 1. The van der Waals surface area contributed by atoms with E-state index in [1.54, 1.807) is 26.6 Å². The van der Waals surface area contributed by atoms with E-state index >= 15 is 0 Å². The molecule has 0 saturated carbocycles. The Morgan fingerprint density at radius 2 is 1.93 bits per heavy atom. The summed E-state index contributed by atoms with van der Waals surface area (Å²) in [6.07, 6.45) is 4.29. The second-order valence-electron chi connectivity index (χ2n) is 6.63. The molecule has 2 aromatic heterocycles. The molecule has 0 bridgehead atoms. The van der Waals surface area contributed by atoms with Crippen LogP contribution in [0.3, 0.4) is 0 Å². The van der Waals surface area contributed by atoms with Gasteiger partial charge in [0.1, 0.15) is 21.4 Å². The van der Waals surface area contributed by atoms with Gasteiger partial charge in [0.25, 0.3) is 5.91 Å². The maximum atomic E-state index is 12.9. The average Bonchev–Trinajstić information content (AvgIpc) is 3.43. The zero-order valence-corrected chi connectivity index (χ0v) is 16.6. The van der Waals surface area contributed by atoms with Gasteiger partial charge in [-0.2, -0.15) is 0 Å². The summed E-state index contributed by atoms with van der Waals surface area (Å²) >= 11 is 1.39. The molecule has 1 aromatic carbocycles. The Morgan fingerprint density at radius 3 is 2.61 bits per heavy atom. The number of amides is 1. The number of hydrogen-bond donors (Lipinski definition) is 0. The van der Waals surface area contributed by atoms with Crippen LogP contribution in [-0.2, 0) is 0 Å². The highest BCUT2D eigenvalue weighted by Crippen LogP contribution is 2.34. The van der Waals surface area contributed by atoms with Crippen molar-refractivity contribution < 1.29 is 14.3 Å². The smallest absolute Gasteiger partial charge is 0.265 e. The van der Waals surface area contributed by atoms with Crippen LogP contribution in [-0.4, -0.2) is 48.1 Å². The van der Waals surface area contributed by atoms with Gasteiger partial charge in [-0.3, -0.25) is 9.78 Å². The van der Waals surface area contributed by atoms with E-state index in [9.17, 15) is 4.79 Å². The van der Waals surface area contributed by atoms with E-state index in [0.717, 1.165) is 40.7 Å². The van der Waals surface area contributed by atoms with E-state index in [1.165, 1.54) is 11.3 Å². The molecule has 7 heteroatoms. The van der Waals surface area contributed by atoms with Gasteiger partial charge < -0.3 is 14.4 Å². The number of pyridine rings is 1. The SMILES string of the molecule is COc1cc(OC)cc(C2CCN(C(=O)c3cnc(-c4ccccn4)s3)C2)c1. The van der Waals surface area contributed by atoms with Crippen molar-refractivity contribution >= 4 is 17.2 Å². The van der Waals surface area contributed by atoms with E-state index in [2.05, 4.69) is 9.97 Å². The summed E-state index contributed by atoms with van der Waals surface area (Å²) in [5.74, 6) is 1.82. The first-order chi connectivity index (χ1) is 13.7. The van der Waals surface area contributed by atoms with Crippen LogP contribution in [0.25, 0.3) is 10.7 Å². The molecule has 3 heterocycles. The lowest BCUT2D eigenvalue weighted by molar-refractivity contribution is 0.0795. The fourth-order valence-corrected chi connectivity index (χ4v) is 4.28. The predicted molar refractivity (Wildman–Crippen MR) is 108 cm³/mol. The number of carbonyl (C=O) groups excluding carboxylic acids is 1. The molecular weight excluding hydrogens is 374 g/mol. The molecule has 1 aliphatic rings. The van der Waals surface area contributed by atoms with Crippen molar-refractivity contribution in [3.05, 3.63) is 59.2 Å². The Labute approximate surface area is 167 Å². The Morgan fingerprint density at radius 1 is 1.14 bits per heavy atom. The molecule has 6 nitrogen and oxygen atoms in total. The largest absolute Gasteiger partial charge is 0.497 e. The standard InChI is InChI=1S/C21H21N3O3S/c1-26-16-9-15(10-17(11-16)27-2)14-6-8-24(13-14)21(25)19-12-23-20(28-19)18-5-3-4-7-22-18/h3-5,7,9-12,14H,6,8,13H2,1-2H3. The first kappa shape index (κ1) is 18.4. The second-order valence-corrected chi connectivity index (χ2v) is 7.66. The maximum Gasteiger partial charge on any atom is 0.265 e. The maximum absolute atomic E-state index is 12.9. The molecule has 0 N–H and O–H groups in total. The van der Waals surface area contributed by atoms with Crippen molar-refractivity contribution in [1.82, 2.24) is 14.9 Å². The highest BCUT2D eigenvalue weighted by molar-refractivity contribution is 7.16. The Kier molecular flexibility index (Phi) is 5.25. The van der Waals surface area contributed by atoms with Crippen LogP contribution in [0, 0.1) is 0 Å². The molecule has 0 radical (unpaired) electrons. The van der Waals surface area contributed by atoms with Crippen LogP contribution in [0.4, 0.5) is 0 Å². The van der Waals surface area contributed by atoms with Gasteiger partial charge in [-0.15, -0.1) is 11.3 Å². The summed E-state index contributed by atoms with van der Waals surface area (Å²) in [5.41, 5.74) is 1.92. The number of aromatic nitrogens is 2. The third kappa shape index (κ3) is 3.71. The lowest BCUT2D eigenvalue weighted by Gasteiger charge is -2.16. The number of nitrogens with zero attached hydrogens (tertiary/aromatic N) is 3. The number of hydrogen-bond acceptors (Lipinski definition) is 6. The highest BCUT2D eigenvalue weighted by atomic mass is 32.1. The third-order valence-corrected chi connectivity index (χ3v) is 5.93. The van der Waals surface area contributed by atoms with Crippen LogP contribution < -0.4 is 9.47 Å². The van der Waals surface area contributed by atoms with E-state index in [4.69, 9.17) is 9.47 Å². The van der Waals surface area contributed by atoms with Gasteiger partial charge in [-0.1, -0.05) is 6.07 Å². The van der Waals surface area contributed by atoms with Crippen molar-refractivity contribution in [2.75, 3.05) is 27.3 Å². The molecule has 1 saturated heterocycles. The lowest BCUT2D eigenvalue weighted by atomic mass is 9.98. The number of benzene rings is 1. The predicted octanol–water partition coefficient (Wildman–Crippen LogP) is 3.85. The van der Waals surface area contributed by atoms with Gasteiger partial charge in [0, 0.05) is 31.3 Å². The molecule has 1 unspecified atom stereocenters. The summed E-state index contributed by atoms with van der Waals surface area (Å²) in [5, 5.41) is 0.761. The summed E-state index contributed by atoms with van der Waals surface area (Å²) < 4.78 is 10.7. The Bertz CT molecular complexity index is 952. The number of ether oxygens (including phenoxy) is 2. The molecular formula is C21H21N3O3S. The second kappa shape index (κ2) is 7.98. The number of methoxy groups -OCH3 is 2. The van der Waals surface area contributed by atoms with Crippen LogP contribution in [0.1, 0.15) is 27.6 Å². The van der Waals surface area contributed by atoms with Crippen molar-refractivity contribution in [1.29, 1.82) is 0 Å². The van der Waals surface area contributed by atoms with Crippen LogP contribution in [0.15, 0.2) is 48.8 Å². The molecule has 0 aliphatic carbocycles. The van der Waals surface area contributed by atoms with Crippen LogP contribution in [0.2, 0.25) is 0 Å². The Hall–Kier alpha value is -2.93. The zero-order chi connectivity index (χ0) is 19.5. The summed E-state index contributed by atoms with van der Waals surface area (Å²) in [7, 11) is 3.29. The average molecular weight is 395 g/mol. The molecule has 0 spiro atoms. The summed E-state index contributed by atoms with van der Waals surface area (Å²) in [6.45, 7) is 1.39. The minimum atomic E-state index is 0.0250. The summed E-state index contributed by atoms with van der Waals surface area (Å²) in [6, 6.07) is 11.6. The van der Waals surface area contributed by atoms with Gasteiger partial charge >= 0.3 is 0 Å². The van der Waals surface area contributed by atoms with Gasteiger partial charge in [0.15, 0.2) is 0 Å². The number of rotatable bonds is 5. The van der Waals surface area contributed by atoms with Gasteiger partial charge in [0.2, 0.25) is 0 Å². The van der Waals surface area contributed by atoms with Crippen molar-refractivity contribution in [2.45, 2.75) is 12.3 Å². The third-order valence-electron chi connectivity index (χ3n) is 4.92. The van der Waals surface area contributed by atoms with Gasteiger partial charge in [0.05, 0.1) is 26.1 Å². The fourth-order valence-electron chi connectivity index (χ4n) is 3.42. The van der Waals surface area contributed by atoms with Crippen LogP contribution >= 0.6 is 11.3 Å².